The Labute approximate surface area is 103 Å². The SMILES string of the molecule is CCc1[nH]c(C=C2N=CC(C)=C2C)c(C)c1C. The maximum atomic E-state index is 4.44. The highest BCUT2D eigenvalue weighted by Gasteiger charge is 2.11. The first kappa shape index (κ1) is 11.9. The molecular formula is C15H20N2. The standard InChI is InChI=1S/C15H20N2/c1-6-13-11(4)12(5)15(17-13)7-14-10(3)9(2)8-16-14/h7-8,17H,6H2,1-5H3. The molecule has 2 rings (SSSR count). The van der Waals surface area contributed by atoms with Crippen LogP contribution in [0, 0.1) is 13.8 Å². The number of nitrogens with zero attached hydrogens (tertiary/aromatic N) is 1. The number of rotatable bonds is 2. The molecule has 0 unspecified atom stereocenters. The molecule has 0 fully saturated rings. The molecule has 0 atom stereocenters. The number of aromatic nitrogens is 1. The molecule has 0 aliphatic carbocycles. The zero-order chi connectivity index (χ0) is 12.6. The predicted octanol–water partition coefficient (Wildman–Crippen LogP) is 3.96. The minimum Gasteiger partial charge on any atom is -0.358 e. The molecule has 0 saturated carbocycles. The molecule has 1 N–H and O–H groups in total. The first-order chi connectivity index (χ1) is 8.04. The van der Waals surface area contributed by atoms with E-state index in [9.17, 15) is 0 Å². The average Bonchev–Trinajstić information content (AvgIpc) is 2.77. The highest BCUT2D eigenvalue weighted by molar-refractivity contribution is 5.87. The fourth-order valence-corrected chi connectivity index (χ4v) is 2.12. The van der Waals surface area contributed by atoms with Crippen molar-refractivity contribution in [3.8, 4) is 0 Å². The van der Waals surface area contributed by atoms with Crippen molar-refractivity contribution in [1.82, 2.24) is 4.98 Å². The van der Waals surface area contributed by atoms with Gasteiger partial charge in [-0.2, -0.15) is 0 Å². The Bertz CT molecular complexity index is 540. The van der Waals surface area contributed by atoms with E-state index in [4.69, 9.17) is 0 Å². The van der Waals surface area contributed by atoms with Crippen LogP contribution in [0.2, 0.25) is 0 Å². The van der Waals surface area contributed by atoms with E-state index in [1.54, 1.807) is 0 Å². The van der Waals surface area contributed by atoms with Crippen LogP contribution in [0.3, 0.4) is 0 Å². The van der Waals surface area contributed by atoms with Crippen LogP contribution in [0.5, 0.6) is 0 Å². The average molecular weight is 228 g/mol. The zero-order valence-corrected chi connectivity index (χ0v) is 11.3. The molecule has 0 saturated heterocycles. The molecule has 0 amide bonds. The van der Waals surface area contributed by atoms with Crippen molar-refractivity contribution in [2.75, 3.05) is 0 Å². The third-order valence-corrected chi connectivity index (χ3v) is 3.71. The summed E-state index contributed by atoms with van der Waals surface area (Å²) in [6, 6.07) is 0. The van der Waals surface area contributed by atoms with Crippen molar-refractivity contribution in [3.63, 3.8) is 0 Å². The summed E-state index contributed by atoms with van der Waals surface area (Å²) < 4.78 is 0. The van der Waals surface area contributed by atoms with Crippen LogP contribution in [0.25, 0.3) is 6.08 Å². The lowest BCUT2D eigenvalue weighted by molar-refractivity contribution is 1.04. The summed E-state index contributed by atoms with van der Waals surface area (Å²) in [7, 11) is 0. The van der Waals surface area contributed by atoms with E-state index in [0.717, 1.165) is 12.1 Å². The first-order valence-electron chi connectivity index (χ1n) is 6.16. The van der Waals surface area contributed by atoms with E-state index in [1.807, 2.05) is 6.21 Å². The van der Waals surface area contributed by atoms with E-state index in [2.05, 4.69) is 50.7 Å². The largest absolute Gasteiger partial charge is 0.358 e. The number of H-pyrrole nitrogens is 1. The summed E-state index contributed by atoms with van der Waals surface area (Å²) in [5.41, 5.74) is 8.84. The van der Waals surface area contributed by atoms with Gasteiger partial charge in [0.1, 0.15) is 0 Å². The second-order valence-corrected chi connectivity index (χ2v) is 4.72. The summed E-state index contributed by atoms with van der Waals surface area (Å²) in [5.74, 6) is 0. The lowest BCUT2D eigenvalue weighted by Crippen LogP contribution is -1.83. The van der Waals surface area contributed by atoms with E-state index >= 15 is 0 Å². The molecule has 2 heterocycles. The molecule has 0 aromatic carbocycles. The van der Waals surface area contributed by atoms with Gasteiger partial charge in [0.25, 0.3) is 0 Å². The lowest BCUT2D eigenvalue weighted by atomic mass is 10.1. The highest BCUT2D eigenvalue weighted by atomic mass is 14.8. The smallest absolute Gasteiger partial charge is 0.0682 e. The number of allylic oxidation sites excluding steroid dienone is 2. The second kappa shape index (κ2) is 4.36. The number of hydrogen-bond acceptors (Lipinski definition) is 1. The van der Waals surface area contributed by atoms with Gasteiger partial charge in [-0.3, -0.25) is 4.99 Å². The summed E-state index contributed by atoms with van der Waals surface area (Å²) in [4.78, 5) is 7.93. The van der Waals surface area contributed by atoms with Crippen LogP contribution in [0.1, 0.15) is 43.3 Å². The maximum Gasteiger partial charge on any atom is 0.0682 e. The number of aliphatic imine (C=N–C) groups is 1. The summed E-state index contributed by atoms with van der Waals surface area (Å²) in [6.45, 7) is 10.8. The van der Waals surface area contributed by atoms with Gasteiger partial charge in [-0.15, -0.1) is 0 Å². The summed E-state index contributed by atoms with van der Waals surface area (Å²) in [5, 5.41) is 0. The molecule has 17 heavy (non-hydrogen) atoms. The zero-order valence-electron chi connectivity index (χ0n) is 11.3. The fraction of sp³-hybridized carbons (Fsp3) is 0.400. The van der Waals surface area contributed by atoms with E-state index < -0.39 is 0 Å². The maximum absolute atomic E-state index is 4.44. The quantitative estimate of drug-likeness (QED) is 0.793. The monoisotopic (exact) mass is 228 g/mol. The molecule has 1 aromatic heterocycles. The minimum absolute atomic E-state index is 1.05. The fourth-order valence-electron chi connectivity index (χ4n) is 2.12. The van der Waals surface area contributed by atoms with Crippen LogP contribution in [-0.2, 0) is 6.42 Å². The van der Waals surface area contributed by atoms with Crippen LogP contribution in [-0.4, -0.2) is 11.2 Å². The summed E-state index contributed by atoms with van der Waals surface area (Å²) in [6.07, 6.45) is 5.14. The molecule has 2 heteroatoms. The summed E-state index contributed by atoms with van der Waals surface area (Å²) >= 11 is 0. The van der Waals surface area contributed by atoms with Crippen LogP contribution >= 0.6 is 0 Å². The number of nitrogens with one attached hydrogen (secondary N) is 1. The van der Waals surface area contributed by atoms with E-state index in [1.165, 1.54) is 33.7 Å². The molecule has 90 valence electrons. The Morgan fingerprint density at radius 3 is 2.35 bits per heavy atom. The van der Waals surface area contributed by atoms with Crippen molar-refractivity contribution in [1.29, 1.82) is 0 Å². The van der Waals surface area contributed by atoms with Gasteiger partial charge in [-0.1, -0.05) is 6.92 Å². The van der Waals surface area contributed by atoms with E-state index in [0.29, 0.717) is 0 Å². The van der Waals surface area contributed by atoms with E-state index in [-0.39, 0.29) is 0 Å². The Hall–Kier alpha value is -1.57. The van der Waals surface area contributed by atoms with Crippen LogP contribution in [0.4, 0.5) is 0 Å². The molecule has 2 nitrogen and oxygen atoms in total. The minimum atomic E-state index is 1.05. The van der Waals surface area contributed by atoms with Gasteiger partial charge >= 0.3 is 0 Å². The topological polar surface area (TPSA) is 28.1 Å². The Kier molecular flexibility index (Phi) is 3.05. The highest BCUT2D eigenvalue weighted by Crippen LogP contribution is 2.26. The normalized spacial score (nSPS) is 17.6. The van der Waals surface area contributed by atoms with Crippen molar-refractivity contribution in [2.45, 2.75) is 41.0 Å². The first-order valence-corrected chi connectivity index (χ1v) is 6.16. The number of aromatic amines is 1. The molecule has 0 spiro atoms. The second-order valence-electron chi connectivity index (χ2n) is 4.72. The van der Waals surface area contributed by atoms with Gasteiger partial charge < -0.3 is 4.98 Å². The van der Waals surface area contributed by atoms with Crippen molar-refractivity contribution in [3.05, 3.63) is 39.4 Å². The van der Waals surface area contributed by atoms with Gasteiger partial charge in [0.05, 0.1) is 5.70 Å². The van der Waals surface area contributed by atoms with Gasteiger partial charge in [0.15, 0.2) is 0 Å². The molecule has 0 radical (unpaired) electrons. The van der Waals surface area contributed by atoms with Crippen LogP contribution in [0.15, 0.2) is 21.8 Å². The Morgan fingerprint density at radius 2 is 1.88 bits per heavy atom. The van der Waals surface area contributed by atoms with Gasteiger partial charge in [-0.25, -0.2) is 0 Å². The third-order valence-electron chi connectivity index (χ3n) is 3.71. The predicted molar refractivity (Wildman–Crippen MR) is 74.5 cm³/mol. The molecule has 0 bridgehead atoms. The molecule has 1 aromatic rings. The Balaban J connectivity index is 2.44. The number of aryl methyl sites for hydroxylation is 1. The van der Waals surface area contributed by atoms with Crippen LogP contribution < -0.4 is 0 Å². The number of hydrogen-bond donors (Lipinski definition) is 1. The van der Waals surface area contributed by atoms with Gasteiger partial charge in [0, 0.05) is 17.6 Å². The van der Waals surface area contributed by atoms with Gasteiger partial charge in [-0.05, 0) is 62.5 Å². The van der Waals surface area contributed by atoms with Crippen molar-refractivity contribution >= 4 is 12.3 Å². The van der Waals surface area contributed by atoms with Gasteiger partial charge in [0.2, 0.25) is 0 Å². The molecule has 1 aliphatic rings. The molecular weight excluding hydrogens is 208 g/mol. The van der Waals surface area contributed by atoms with Crippen molar-refractivity contribution in [2.24, 2.45) is 4.99 Å². The third kappa shape index (κ3) is 1.99. The lowest BCUT2D eigenvalue weighted by Gasteiger charge is -1.98. The van der Waals surface area contributed by atoms with Crippen molar-refractivity contribution < 1.29 is 0 Å². The Morgan fingerprint density at radius 1 is 1.18 bits per heavy atom. The molecule has 1 aliphatic heterocycles.